The van der Waals surface area contributed by atoms with Crippen molar-refractivity contribution in [1.82, 2.24) is 9.84 Å². The van der Waals surface area contributed by atoms with Gasteiger partial charge in [0, 0.05) is 13.1 Å². The molecule has 4 N–H and O–H groups in total. The number of phenolic OH excluding ortho intramolecular Hbond substituents is 1. The molecule has 0 spiro atoms. The number of nitrogens with one attached hydrogen (secondary N) is 1. The van der Waals surface area contributed by atoms with Crippen LogP contribution < -0.4 is 15.5 Å². The third-order valence-electron chi connectivity index (χ3n) is 4.32. The van der Waals surface area contributed by atoms with Gasteiger partial charge in [-0.2, -0.15) is 0 Å². The van der Waals surface area contributed by atoms with Crippen LogP contribution in [0.1, 0.15) is 12.8 Å². The number of rotatable bonds is 5. The normalized spacial score (nSPS) is 14.9. The van der Waals surface area contributed by atoms with Gasteiger partial charge in [0.25, 0.3) is 10.0 Å². The molecule has 0 aliphatic carbocycles. The molecule has 2 aromatic rings. The smallest absolute Gasteiger partial charge is 0.324 e. The average molecular weight is 480 g/mol. The van der Waals surface area contributed by atoms with Crippen molar-refractivity contribution in [2.75, 3.05) is 18.0 Å². The molecule has 1 fully saturated rings. The number of hydrogen-bond acceptors (Lipinski definition) is 5. The van der Waals surface area contributed by atoms with Crippen LogP contribution in [0.25, 0.3) is 0 Å². The third kappa shape index (κ3) is 4.40. The van der Waals surface area contributed by atoms with Crippen molar-refractivity contribution >= 4 is 62.2 Å². The van der Waals surface area contributed by atoms with Crippen LogP contribution >= 0.6 is 34.8 Å². The zero-order valence-corrected chi connectivity index (χ0v) is 18.0. The van der Waals surface area contributed by atoms with E-state index in [1.165, 1.54) is 35.3 Å². The number of phenols is 1. The number of aromatic hydroxyl groups is 1. The number of amides is 2. The maximum absolute atomic E-state index is 12.9. The first kappa shape index (κ1) is 21.9. The number of primary amides is 1. The van der Waals surface area contributed by atoms with Gasteiger partial charge in [-0.25, -0.2) is 18.2 Å². The second-order valence-electron chi connectivity index (χ2n) is 6.28. The van der Waals surface area contributed by atoms with Crippen LogP contribution in [0.2, 0.25) is 15.1 Å². The van der Waals surface area contributed by atoms with Gasteiger partial charge >= 0.3 is 6.03 Å². The fourth-order valence-corrected chi connectivity index (χ4v) is 5.16. The van der Waals surface area contributed by atoms with E-state index in [9.17, 15) is 18.3 Å². The lowest BCUT2D eigenvalue weighted by Crippen LogP contribution is -2.40. The fraction of sp³-hybridized carbons (Fsp3) is 0.235. The predicted molar refractivity (Wildman–Crippen MR) is 112 cm³/mol. The molecule has 0 atom stereocenters. The Morgan fingerprint density at radius 2 is 1.72 bits per heavy atom. The van der Waals surface area contributed by atoms with Crippen LogP contribution in [0, 0.1) is 0 Å². The van der Waals surface area contributed by atoms with Crippen molar-refractivity contribution in [3.05, 3.63) is 45.4 Å². The minimum Gasteiger partial charge on any atom is -0.504 e. The molecular weight excluding hydrogens is 463 g/mol. The lowest BCUT2D eigenvalue weighted by molar-refractivity contribution is 0.256. The zero-order valence-electron chi connectivity index (χ0n) is 14.9. The van der Waals surface area contributed by atoms with Crippen molar-refractivity contribution in [3.63, 3.8) is 0 Å². The topological polar surface area (TPSA) is 116 Å². The molecule has 3 rings (SSSR count). The molecule has 1 heterocycles. The summed E-state index contributed by atoms with van der Waals surface area (Å²) in [5, 5.41) is 12.2. The Labute approximate surface area is 182 Å². The van der Waals surface area contributed by atoms with Crippen LogP contribution in [0.4, 0.5) is 16.2 Å². The first-order valence-corrected chi connectivity index (χ1v) is 11.1. The highest BCUT2D eigenvalue weighted by atomic mass is 35.5. The van der Waals surface area contributed by atoms with Gasteiger partial charge < -0.3 is 10.8 Å². The molecule has 1 saturated heterocycles. The summed E-state index contributed by atoms with van der Waals surface area (Å²) in [7, 11) is -4.23. The van der Waals surface area contributed by atoms with Crippen LogP contribution in [0.3, 0.4) is 0 Å². The maximum Gasteiger partial charge on any atom is 0.324 e. The molecule has 0 aromatic heterocycles. The number of hydrogen-bond donors (Lipinski definition) is 3. The van der Waals surface area contributed by atoms with Crippen LogP contribution in [0.5, 0.6) is 5.75 Å². The number of nitrogens with zero attached hydrogens (tertiary/aromatic N) is 2. The number of hydrazine groups is 1. The van der Waals surface area contributed by atoms with Gasteiger partial charge in [-0.3, -0.25) is 4.90 Å². The van der Waals surface area contributed by atoms with Crippen LogP contribution in [-0.4, -0.2) is 37.7 Å². The van der Waals surface area contributed by atoms with Crippen molar-refractivity contribution in [1.29, 1.82) is 0 Å². The highest BCUT2D eigenvalue weighted by Crippen LogP contribution is 2.44. The van der Waals surface area contributed by atoms with Gasteiger partial charge in [0.1, 0.15) is 4.90 Å². The summed E-state index contributed by atoms with van der Waals surface area (Å²) in [6.07, 6.45) is 1.68. The first-order chi connectivity index (χ1) is 13.6. The summed E-state index contributed by atoms with van der Waals surface area (Å²) in [4.78, 5) is 14.8. The van der Waals surface area contributed by atoms with Gasteiger partial charge in [-0.1, -0.05) is 40.9 Å². The Morgan fingerprint density at radius 1 is 1.07 bits per heavy atom. The van der Waals surface area contributed by atoms with Crippen molar-refractivity contribution in [2.45, 2.75) is 17.7 Å². The zero-order chi connectivity index (χ0) is 21.3. The van der Waals surface area contributed by atoms with E-state index in [1.54, 1.807) is 0 Å². The number of carbonyl (C=O) groups is 1. The molecule has 0 saturated carbocycles. The number of urea groups is 1. The average Bonchev–Trinajstić information content (AvgIpc) is 3.12. The molecule has 1 aliphatic heterocycles. The minimum atomic E-state index is -4.23. The van der Waals surface area contributed by atoms with E-state index >= 15 is 0 Å². The van der Waals surface area contributed by atoms with Gasteiger partial charge in [-0.15, -0.1) is 4.83 Å². The van der Waals surface area contributed by atoms with E-state index in [-0.39, 0.29) is 26.4 Å². The Morgan fingerprint density at radius 3 is 2.34 bits per heavy atom. The monoisotopic (exact) mass is 478 g/mol. The van der Waals surface area contributed by atoms with Gasteiger partial charge in [0.15, 0.2) is 5.75 Å². The molecule has 8 nitrogen and oxygen atoms in total. The number of benzene rings is 2. The standard InChI is InChI=1S/C17H17Cl3N4O4S/c18-10-4-3-5-12(14(10)20)24(17(21)26)13-7-6-11(19)16(15(13)25)29(27,28)22-23-8-1-2-9-23/h3-7,22,25H,1-2,8-9H2,(H2,21,26). The van der Waals surface area contributed by atoms with E-state index in [4.69, 9.17) is 40.5 Å². The quantitative estimate of drug-likeness (QED) is 0.602. The van der Waals surface area contributed by atoms with Crippen molar-refractivity contribution in [2.24, 2.45) is 5.73 Å². The molecule has 0 radical (unpaired) electrons. The molecular formula is C17H17Cl3N4O4S. The van der Waals surface area contributed by atoms with E-state index in [2.05, 4.69) is 4.83 Å². The SMILES string of the molecule is NC(=O)N(c1ccc(Cl)c(S(=O)(=O)NN2CCCC2)c1O)c1cccc(Cl)c1Cl. The summed E-state index contributed by atoms with van der Waals surface area (Å²) in [6.45, 7) is 1.06. The van der Waals surface area contributed by atoms with Gasteiger partial charge in [0.2, 0.25) is 0 Å². The summed E-state index contributed by atoms with van der Waals surface area (Å²) in [6, 6.07) is 5.97. The number of nitrogens with two attached hydrogens (primary N) is 1. The number of anilines is 2. The Balaban J connectivity index is 2.13. The third-order valence-corrected chi connectivity index (χ3v) is 7.00. The molecule has 29 heavy (non-hydrogen) atoms. The van der Waals surface area contributed by atoms with Crippen molar-refractivity contribution in [3.8, 4) is 5.75 Å². The maximum atomic E-state index is 12.9. The number of halogens is 3. The molecule has 0 unspecified atom stereocenters. The van der Waals surface area contributed by atoms with Crippen molar-refractivity contribution < 1.29 is 18.3 Å². The number of carbonyl (C=O) groups excluding carboxylic acids is 1. The fourth-order valence-electron chi connectivity index (χ4n) is 3.03. The summed E-state index contributed by atoms with van der Waals surface area (Å²) in [5.41, 5.74) is 5.34. The van der Waals surface area contributed by atoms with Crippen LogP contribution in [-0.2, 0) is 10.0 Å². The van der Waals surface area contributed by atoms with E-state index in [0.29, 0.717) is 13.1 Å². The minimum absolute atomic E-state index is 0.00177. The molecule has 2 aromatic carbocycles. The van der Waals surface area contributed by atoms with Crippen LogP contribution in [0.15, 0.2) is 35.2 Å². The van der Waals surface area contributed by atoms with E-state index < -0.39 is 26.7 Å². The largest absolute Gasteiger partial charge is 0.504 e. The summed E-state index contributed by atoms with van der Waals surface area (Å²) < 4.78 is 25.7. The highest BCUT2D eigenvalue weighted by Gasteiger charge is 2.31. The second kappa shape index (κ2) is 8.55. The Bertz CT molecular complexity index is 1060. The first-order valence-electron chi connectivity index (χ1n) is 8.46. The highest BCUT2D eigenvalue weighted by molar-refractivity contribution is 7.89. The molecule has 0 bridgehead atoms. The summed E-state index contributed by atoms with van der Waals surface area (Å²) in [5.74, 6) is -0.751. The van der Waals surface area contributed by atoms with E-state index in [0.717, 1.165) is 17.7 Å². The molecule has 12 heteroatoms. The molecule has 2 amide bonds. The van der Waals surface area contributed by atoms with E-state index in [1.807, 2.05) is 0 Å². The Hall–Kier alpha value is -1.75. The Kier molecular flexibility index (Phi) is 6.47. The van der Waals surface area contributed by atoms with Gasteiger partial charge in [0.05, 0.1) is 26.4 Å². The summed E-state index contributed by atoms with van der Waals surface area (Å²) >= 11 is 18.3. The lowest BCUT2D eigenvalue weighted by Gasteiger charge is -2.25. The van der Waals surface area contributed by atoms with Gasteiger partial charge in [-0.05, 0) is 37.1 Å². The molecule has 1 aliphatic rings. The second-order valence-corrected chi connectivity index (χ2v) is 9.07. The predicted octanol–water partition coefficient (Wildman–Crippen LogP) is 3.86. The molecule has 156 valence electrons. The lowest BCUT2D eigenvalue weighted by atomic mass is 10.2. The number of sulfonamides is 1.